The number of aliphatic imine (C=N–C) groups is 1. The number of nitrogens with two attached hydrogens (primary N) is 1. The lowest BCUT2D eigenvalue weighted by atomic mass is 9.86. The van der Waals surface area contributed by atoms with Crippen molar-refractivity contribution in [3.05, 3.63) is 72.1 Å². The van der Waals surface area contributed by atoms with E-state index in [0.29, 0.717) is 35.8 Å². The van der Waals surface area contributed by atoms with Crippen molar-refractivity contribution in [3.8, 4) is 11.1 Å². The Morgan fingerprint density at radius 2 is 2.03 bits per heavy atom. The molecule has 3 N–H and O–H groups in total. The highest BCUT2D eigenvalue weighted by Crippen LogP contribution is 2.37. The minimum atomic E-state index is -4.39. The van der Waals surface area contributed by atoms with Gasteiger partial charge in [0.25, 0.3) is 0 Å². The van der Waals surface area contributed by atoms with Crippen molar-refractivity contribution >= 4 is 12.0 Å². The fourth-order valence-electron chi connectivity index (χ4n) is 4.49. The molecule has 0 radical (unpaired) electrons. The number of pyridine rings is 1. The van der Waals surface area contributed by atoms with E-state index in [1.165, 1.54) is 12.1 Å². The van der Waals surface area contributed by atoms with Crippen molar-refractivity contribution in [2.24, 2.45) is 16.6 Å². The van der Waals surface area contributed by atoms with E-state index in [1.807, 2.05) is 18.4 Å². The molecule has 1 aromatic carbocycles. The van der Waals surface area contributed by atoms with Crippen LogP contribution < -0.4 is 11.1 Å². The second-order valence-electron chi connectivity index (χ2n) is 8.67. The van der Waals surface area contributed by atoms with Gasteiger partial charge in [0.05, 0.1) is 5.56 Å². The van der Waals surface area contributed by atoms with Gasteiger partial charge in [0.15, 0.2) is 0 Å². The third-order valence-electron chi connectivity index (χ3n) is 6.40. The molecule has 0 saturated carbocycles. The number of alkyl halides is 3. The Morgan fingerprint density at radius 1 is 1.15 bits per heavy atom. The molecule has 1 aromatic heterocycles. The molecule has 7 heteroatoms. The molecule has 0 bridgehead atoms. The third-order valence-corrected chi connectivity index (χ3v) is 6.40. The summed E-state index contributed by atoms with van der Waals surface area (Å²) in [6, 6.07) is 7.48. The average Bonchev–Trinajstić information content (AvgIpc) is 2.84. The number of nitrogens with one attached hydrogen (secondary N) is 1. The van der Waals surface area contributed by atoms with E-state index in [9.17, 15) is 13.2 Å². The van der Waals surface area contributed by atoms with Crippen LogP contribution in [0.2, 0.25) is 0 Å². The summed E-state index contributed by atoms with van der Waals surface area (Å²) in [6.07, 6.45) is 12.0. The largest absolute Gasteiger partial charge is 0.416 e. The van der Waals surface area contributed by atoms with Crippen molar-refractivity contribution in [2.75, 3.05) is 11.9 Å². The van der Waals surface area contributed by atoms with Gasteiger partial charge in [-0.25, -0.2) is 4.98 Å². The number of aromatic nitrogens is 1. The van der Waals surface area contributed by atoms with Gasteiger partial charge in [0.2, 0.25) is 0 Å². The van der Waals surface area contributed by atoms with E-state index in [2.05, 4.69) is 27.4 Å². The van der Waals surface area contributed by atoms with Crippen molar-refractivity contribution < 1.29 is 13.2 Å². The van der Waals surface area contributed by atoms with Gasteiger partial charge < -0.3 is 11.1 Å². The predicted octanol–water partition coefficient (Wildman–Crippen LogP) is 6.32. The van der Waals surface area contributed by atoms with Gasteiger partial charge in [-0.15, -0.1) is 0 Å². The number of rotatable bonds is 7. The van der Waals surface area contributed by atoms with Crippen LogP contribution in [0.3, 0.4) is 0 Å². The van der Waals surface area contributed by atoms with Gasteiger partial charge in [-0.3, -0.25) is 4.99 Å². The predicted molar refractivity (Wildman–Crippen MR) is 127 cm³/mol. The van der Waals surface area contributed by atoms with Gasteiger partial charge >= 0.3 is 6.18 Å². The first-order valence-corrected chi connectivity index (χ1v) is 11.4. The summed E-state index contributed by atoms with van der Waals surface area (Å²) < 4.78 is 39.8. The maximum atomic E-state index is 13.3. The quantitative estimate of drug-likeness (QED) is 0.481. The van der Waals surface area contributed by atoms with Crippen LogP contribution in [-0.2, 0) is 6.18 Å². The summed E-state index contributed by atoms with van der Waals surface area (Å²) >= 11 is 0. The van der Waals surface area contributed by atoms with Crippen LogP contribution in [0, 0.1) is 5.92 Å². The molecule has 0 fully saturated rings. The number of nitrogens with zero attached hydrogens (tertiary/aromatic N) is 2. The Kier molecular flexibility index (Phi) is 7.28. The zero-order valence-corrected chi connectivity index (χ0v) is 18.4. The summed E-state index contributed by atoms with van der Waals surface area (Å²) in [5, 5.41) is 3.36. The lowest BCUT2D eigenvalue weighted by molar-refractivity contribution is -0.137. The first-order valence-electron chi connectivity index (χ1n) is 11.4. The SMILES string of the molecule is NC(CCNc1cc(C2C=CN=CC2)c(-c2cccc(C(F)(F)F)c2)cn1)C1CC=CCC1. The number of hydrogen-bond acceptors (Lipinski definition) is 4. The zero-order valence-electron chi connectivity index (χ0n) is 18.4. The molecule has 0 spiro atoms. The van der Waals surface area contributed by atoms with Crippen LogP contribution in [0.5, 0.6) is 0 Å². The average molecular weight is 455 g/mol. The van der Waals surface area contributed by atoms with Crippen LogP contribution in [0.25, 0.3) is 11.1 Å². The van der Waals surface area contributed by atoms with E-state index < -0.39 is 11.7 Å². The minimum Gasteiger partial charge on any atom is -0.370 e. The maximum absolute atomic E-state index is 13.3. The second kappa shape index (κ2) is 10.3. The van der Waals surface area contributed by atoms with E-state index in [4.69, 9.17) is 5.73 Å². The molecule has 2 aliphatic rings. The van der Waals surface area contributed by atoms with E-state index in [1.54, 1.807) is 18.5 Å². The molecule has 0 amide bonds. The van der Waals surface area contributed by atoms with Crippen molar-refractivity contribution in [1.82, 2.24) is 4.98 Å². The summed E-state index contributed by atoms with van der Waals surface area (Å²) in [4.78, 5) is 8.64. The lowest BCUT2D eigenvalue weighted by Gasteiger charge is -2.25. The summed E-state index contributed by atoms with van der Waals surface area (Å²) in [5.41, 5.74) is 7.86. The van der Waals surface area contributed by atoms with E-state index in [0.717, 1.165) is 37.3 Å². The number of allylic oxidation sites excluding steroid dienone is 3. The molecule has 2 aromatic rings. The Hall–Kier alpha value is -2.93. The highest BCUT2D eigenvalue weighted by molar-refractivity contribution is 5.72. The molecular formula is C26H29F3N4. The summed E-state index contributed by atoms with van der Waals surface area (Å²) in [5.74, 6) is 1.23. The van der Waals surface area contributed by atoms with Gasteiger partial charge in [-0.1, -0.05) is 30.4 Å². The van der Waals surface area contributed by atoms with Crippen molar-refractivity contribution in [1.29, 1.82) is 0 Å². The molecule has 3 atom stereocenters. The van der Waals surface area contributed by atoms with Gasteiger partial charge in [-0.2, -0.15) is 13.2 Å². The molecule has 3 unspecified atom stereocenters. The molecule has 4 nitrogen and oxygen atoms in total. The van der Waals surface area contributed by atoms with E-state index >= 15 is 0 Å². The highest BCUT2D eigenvalue weighted by atomic mass is 19.4. The Balaban J connectivity index is 1.54. The van der Waals surface area contributed by atoms with Crippen LogP contribution in [0.15, 0.2) is 65.9 Å². The van der Waals surface area contributed by atoms with Crippen molar-refractivity contribution in [3.63, 3.8) is 0 Å². The Labute approximate surface area is 192 Å². The Morgan fingerprint density at radius 3 is 2.76 bits per heavy atom. The molecule has 1 aliphatic carbocycles. The second-order valence-corrected chi connectivity index (χ2v) is 8.67. The standard InChI is InChI=1S/C26H29F3N4/c27-26(28,29)21-8-4-7-20(15-21)23-17-33-25(16-22(23)18-9-12-31-13-10-18)32-14-11-24(30)19-5-2-1-3-6-19/h1-2,4,7-9,12-13,15-19,24H,3,5-6,10-11,14,30H2,(H,32,33). The number of benzene rings is 1. The molecule has 33 heavy (non-hydrogen) atoms. The molecule has 4 rings (SSSR count). The van der Waals surface area contributed by atoms with Crippen LogP contribution in [0.1, 0.15) is 49.1 Å². The normalized spacial score (nSPS) is 21.2. The maximum Gasteiger partial charge on any atom is 0.416 e. The zero-order chi connectivity index (χ0) is 23.3. The molecular weight excluding hydrogens is 425 g/mol. The van der Waals surface area contributed by atoms with Crippen molar-refractivity contribution in [2.45, 2.75) is 50.2 Å². The van der Waals surface area contributed by atoms with Crippen LogP contribution >= 0.6 is 0 Å². The fraction of sp³-hybridized carbons (Fsp3) is 0.385. The molecule has 174 valence electrons. The smallest absolute Gasteiger partial charge is 0.370 e. The van der Waals surface area contributed by atoms with Gasteiger partial charge in [0, 0.05) is 42.7 Å². The summed E-state index contributed by atoms with van der Waals surface area (Å²) in [6.45, 7) is 0.693. The summed E-state index contributed by atoms with van der Waals surface area (Å²) in [7, 11) is 0. The molecule has 2 heterocycles. The first-order chi connectivity index (χ1) is 15.9. The minimum absolute atomic E-state index is 0.0203. The van der Waals surface area contributed by atoms with Gasteiger partial charge in [-0.05, 0) is 67.3 Å². The first kappa shape index (κ1) is 23.2. The van der Waals surface area contributed by atoms with E-state index in [-0.39, 0.29) is 12.0 Å². The molecule has 0 saturated heterocycles. The third kappa shape index (κ3) is 5.90. The van der Waals surface area contributed by atoms with Crippen LogP contribution in [0.4, 0.5) is 19.0 Å². The van der Waals surface area contributed by atoms with Crippen LogP contribution in [-0.4, -0.2) is 23.8 Å². The highest BCUT2D eigenvalue weighted by Gasteiger charge is 2.31. The number of anilines is 1. The monoisotopic (exact) mass is 454 g/mol. The lowest BCUT2D eigenvalue weighted by Crippen LogP contribution is -2.32. The number of hydrogen-bond donors (Lipinski definition) is 2. The number of halogens is 3. The topological polar surface area (TPSA) is 63.3 Å². The Bertz CT molecular complexity index is 1040. The van der Waals surface area contributed by atoms with Gasteiger partial charge in [0.1, 0.15) is 5.82 Å². The fourth-order valence-corrected chi connectivity index (χ4v) is 4.49. The molecule has 1 aliphatic heterocycles.